The topological polar surface area (TPSA) is 66.9 Å². The second-order valence-electron chi connectivity index (χ2n) is 8.10. The van der Waals surface area contributed by atoms with Crippen molar-refractivity contribution in [3.63, 3.8) is 0 Å². The molecule has 1 atom stereocenters. The van der Waals surface area contributed by atoms with Crippen LogP contribution in [0, 0.1) is 0 Å². The minimum atomic E-state index is -0.667. The molecule has 4 rings (SSSR count). The van der Waals surface area contributed by atoms with Crippen LogP contribution in [-0.4, -0.2) is 32.3 Å². The normalized spacial score (nSPS) is 11.7. The van der Waals surface area contributed by atoms with Gasteiger partial charge >= 0.3 is 5.97 Å². The van der Waals surface area contributed by atoms with Gasteiger partial charge in [0.15, 0.2) is 11.5 Å². The van der Waals surface area contributed by atoms with Gasteiger partial charge in [0.05, 0.1) is 37.8 Å². The van der Waals surface area contributed by atoms with Crippen molar-refractivity contribution in [2.45, 2.75) is 18.9 Å². The second-order valence-corrected chi connectivity index (χ2v) is 8.92. The average Bonchev–Trinajstić information content (AvgIpc) is 2.89. The highest BCUT2D eigenvalue weighted by molar-refractivity contribution is 6.35. The molecule has 36 heavy (non-hydrogen) atoms. The number of rotatable bonds is 9. The van der Waals surface area contributed by atoms with Crippen molar-refractivity contribution in [2.75, 3.05) is 21.3 Å². The van der Waals surface area contributed by atoms with Crippen LogP contribution >= 0.6 is 23.2 Å². The molecule has 4 aromatic rings. The quantitative estimate of drug-likeness (QED) is 0.228. The van der Waals surface area contributed by atoms with Crippen LogP contribution in [0.25, 0.3) is 10.8 Å². The van der Waals surface area contributed by atoms with E-state index in [0.717, 1.165) is 27.6 Å². The Labute approximate surface area is 219 Å². The minimum absolute atomic E-state index is 0.101. The van der Waals surface area contributed by atoms with Gasteiger partial charge in [0.1, 0.15) is 11.9 Å². The maximum absolute atomic E-state index is 13.1. The zero-order valence-corrected chi connectivity index (χ0v) is 21.6. The van der Waals surface area contributed by atoms with Crippen molar-refractivity contribution in [3.05, 3.63) is 93.7 Å². The molecule has 0 bridgehead atoms. The molecule has 0 saturated heterocycles. The van der Waals surface area contributed by atoms with E-state index in [9.17, 15) is 4.79 Å². The number of aromatic nitrogens is 1. The zero-order valence-electron chi connectivity index (χ0n) is 20.1. The van der Waals surface area contributed by atoms with Crippen LogP contribution in [0.2, 0.25) is 10.0 Å². The number of carbonyl (C=O) groups excluding carboxylic acids is 1. The number of methoxy groups -OCH3 is 3. The summed E-state index contributed by atoms with van der Waals surface area (Å²) >= 11 is 12.7. The van der Waals surface area contributed by atoms with Gasteiger partial charge in [-0.15, -0.1) is 0 Å². The zero-order chi connectivity index (χ0) is 25.7. The summed E-state index contributed by atoms with van der Waals surface area (Å²) in [5, 5.41) is 2.83. The van der Waals surface area contributed by atoms with E-state index in [0.29, 0.717) is 27.1 Å². The molecule has 0 saturated carbocycles. The lowest BCUT2D eigenvalue weighted by atomic mass is 10.0. The molecule has 1 heterocycles. The van der Waals surface area contributed by atoms with Crippen LogP contribution in [0.3, 0.4) is 0 Å². The molecule has 186 valence electrons. The van der Waals surface area contributed by atoms with Gasteiger partial charge in [0.2, 0.25) is 0 Å². The van der Waals surface area contributed by atoms with Crippen molar-refractivity contribution in [1.29, 1.82) is 0 Å². The Morgan fingerprint density at radius 1 is 0.833 bits per heavy atom. The molecule has 0 aliphatic heterocycles. The van der Waals surface area contributed by atoms with E-state index < -0.39 is 6.10 Å². The molecule has 6 nitrogen and oxygen atoms in total. The van der Waals surface area contributed by atoms with Crippen molar-refractivity contribution < 1.29 is 23.7 Å². The molecule has 1 aromatic heterocycles. The number of benzene rings is 3. The summed E-state index contributed by atoms with van der Waals surface area (Å²) in [5.41, 5.74) is 2.19. The Hall–Kier alpha value is -3.48. The monoisotopic (exact) mass is 525 g/mol. The van der Waals surface area contributed by atoms with Gasteiger partial charge in [-0.05, 0) is 51.7 Å². The predicted octanol–water partition coefficient (Wildman–Crippen LogP) is 6.64. The van der Waals surface area contributed by atoms with E-state index in [1.165, 1.54) is 12.4 Å². The molecule has 0 aliphatic rings. The molecular weight excluding hydrogens is 501 g/mol. The Bertz CT molecular complexity index is 1370. The Morgan fingerprint density at radius 2 is 1.53 bits per heavy atom. The van der Waals surface area contributed by atoms with E-state index in [1.807, 2.05) is 42.5 Å². The van der Waals surface area contributed by atoms with Crippen LogP contribution in [-0.2, 0) is 22.4 Å². The first-order valence-corrected chi connectivity index (χ1v) is 11.9. The molecule has 0 unspecified atom stereocenters. The molecule has 0 amide bonds. The molecule has 0 radical (unpaired) electrons. The van der Waals surface area contributed by atoms with Crippen molar-refractivity contribution in [1.82, 2.24) is 4.98 Å². The number of carbonyl (C=O) groups is 1. The van der Waals surface area contributed by atoms with Crippen molar-refractivity contribution >= 4 is 39.9 Å². The van der Waals surface area contributed by atoms with Crippen LogP contribution in [0.1, 0.15) is 22.8 Å². The summed E-state index contributed by atoms with van der Waals surface area (Å²) in [5.74, 6) is 1.48. The van der Waals surface area contributed by atoms with Gasteiger partial charge in [0.25, 0.3) is 0 Å². The summed E-state index contributed by atoms with van der Waals surface area (Å²) in [4.78, 5) is 17.1. The Kier molecular flexibility index (Phi) is 8.18. The van der Waals surface area contributed by atoms with Gasteiger partial charge in [0, 0.05) is 18.8 Å². The smallest absolute Gasteiger partial charge is 0.310 e. The van der Waals surface area contributed by atoms with Crippen molar-refractivity contribution in [3.8, 4) is 17.2 Å². The third-order valence-electron chi connectivity index (χ3n) is 5.86. The van der Waals surface area contributed by atoms with Crippen molar-refractivity contribution in [2.24, 2.45) is 0 Å². The van der Waals surface area contributed by atoms with Gasteiger partial charge in [-0.3, -0.25) is 9.78 Å². The lowest BCUT2D eigenvalue weighted by molar-refractivity contribution is -0.148. The SMILES string of the molecule is COc1ccc2cc(CC(=O)O[C@@H](Cc3c(Cl)cncc3Cl)c3ccc(OC)c(OC)c3)ccc2c1. The number of pyridine rings is 1. The second kappa shape index (κ2) is 11.5. The largest absolute Gasteiger partial charge is 0.497 e. The Balaban J connectivity index is 1.60. The molecular formula is C28H25Cl2NO5. The summed E-state index contributed by atoms with van der Waals surface area (Å²) in [6, 6.07) is 17.0. The molecule has 0 N–H and O–H groups in total. The fraction of sp³-hybridized carbons (Fsp3) is 0.214. The van der Waals surface area contributed by atoms with Crippen LogP contribution < -0.4 is 14.2 Å². The van der Waals surface area contributed by atoms with E-state index in [-0.39, 0.29) is 18.8 Å². The highest BCUT2D eigenvalue weighted by Crippen LogP contribution is 2.35. The van der Waals surface area contributed by atoms with Crippen LogP contribution in [0.5, 0.6) is 17.2 Å². The lowest BCUT2D eigenvalue weighted by Gasteiger charge is -2.21. The van der Waals surface area contributed by atoms with E-state index in [4.69, 9.17) is 42.1 Å². The summed E-state index contributed by atoms with van der Waals surface area (Å²) in [7, 11) is 4.74. The molecule has 0 aliphatic carbocycles. The lowest BCUT2D eigenvalue weighted by Crippen LogP contribution is -2.16. The predicted molar refractivity (Wildman–Crippen MR) is 141 cm³/mol. The number of halogens is 2. The van der Waals surface area contributed by atoms with Gasteiger partial charge in [-0.1, -0.05) is 53.5 Å². The maximum Gasteiger partial charge on any atom is 0.310 e. The number of esters is 1. The third kappa shape index (κ3) is 5.83. The molecule has 3 aromatic carbocycles. The van der Waals surface area contributed by atoms with E-state index >= 15 is 0 Å². The van der Waals surface area contributed by atoms with Crippen LogP contribution in [0.4, 0.5) is 0 Å². The summed E-state index contributed by atoms with van der Waals surface area (Å²) < 4.78 is 22.1. The fourth-order valence-corrected chi connectivity index (χ4v) is 4.50. The number of hydrogen-bond donors (Lipinski definition) is 0. The first kappa shape index (κ1) is 25.6. The first-order chi connectivity index (χ1) is 17.4. The average molecular weight is 526 g/mol. The molecule has 0 spiro atoms. The van der Waals surface area contributed by atoms with Gasteiger partial charge < -0.3 is 18.9 Å². The highest BCUT2D eigenvalue weighted by atomic mass is 35.5. The summed E-state index contributed by atoms with van der Waals surface area (Å²) in [6.07, 6.45) is 2.72. The molecule has 8 heteroatoms. The first-order valence-electron chi connectivity index (χ1n) is 11.2. The van der Waals surface area contributed by atoms with E-state index in [1.54, 1.807) is 33.5 Å². The van der Waals surface area contributed by atoms with E-state index in [2.05, 4.69) is 4.98 Å². The number of nitrogens with zero attached hydrogens (tertiary/aromatic N) is 1. The van der Waals surface area contributed by atoms with Gasteiger partial charge in [-0.2, -0.15) is 0 Å². The number of ether oxygens (including phenoxy) is 4. The third-order valence-corrected chi connectivity index (χ3v) is 6.51. The fourth-order valence-electron chi connectivity index (χ4n) is 3.98. The number of hydrogen-bond acceptors (Lipinski definition) is 6. The number of fused-ring (bicyclic) bond motifs is 1. The van der Waals surface area contributed by atoms with Crippen LogP contribution in [0.15, 0.2) is 67.0 Å². The highest BCUT2D eigenvalue weighted by Gasteiger charge is 2.22. The van der Waals surface area contributed by atoms with Gasteiger partial charge in [-0.25, -0.2) is 0 Å². The Morgan fingerprint density at radius 3 is 2.22 bits per heavy atom. The standard InChI is InChI=1S/C28H25Cl2NO5/c1-33-21-8-6-18-10-17(4-5-19(18)12-21)11-28(32)36-26(14-22-23(29)15-31-16-24(22)30)20-7-9-25(34-2)27(13-20)35-3/h4-10,12-13,15-16,26H,11,14H2,1-3H3/t26-/m0/s1. The summed E-state index contributed by atoms with van der Waals surface area (Å²) in [6.45, 7) is 0. The molecule has 0 fully saturated rings. The maximum atomic E-state index is 13.1. The minimum Gasteiger partial charge on any atom is -0.497 e.